The van der Waals surface area contributed by atoms with E-state index in [1.165, 1.54) is 12.8 Å². The minimum Gasteiger partial charge on any atom is -0.341 e. The molecule has 1 aromatic heterocycles. The fourth-order valence-corrected chi connectivity index (χ4v) is 2.32. The number of aromatic nitrogens is 1. The van der Waals surface area contributed by atoms with Crippen LogP contribution in [0.15, 0.2) is 42.6 Å². The van der Waals surface area contributed by atoms with Crippen molar-refractivity contribution in [3.63, 3.8) is 0 Å². The molecule has 1 aliphatic carbocycles. The smallest absolute Gasteiger partial charge is 0.244 e. The van der Waals surface area contributed by atoms with Crippen LogP contribution in [0.3, 0.4) is 0 Å². The van der Waals surface area contributed by atoms with Crippen molar-refractivity contribution in [1.82, 2.24) is 9.88 Å². The molecule has 0 saturated heterocycles. The zero-order valence-corrected chi connectivity index (χ0v) is 12.4. The molecule has 0 radical (unpaired) electrons. The van der Waals surface area contributed by atoms with Gasteiger partial charge < -0.3 is 15.2 Å². The second kappa shape index (κ2) is 6.33. The van der Waals surface area contributed by atoms with Crippen LogP contribution in [-0.4, -0.2) is 16.5 Å². The predicted octanol–water partition coefficient (Wildman–Crippen LogP) is 3.03. The monoisotopic (exact) mass is 303 g/mol. The number of carbonyl (C=O) groups is 1. The van der Waals surface area contributed by atoms with Crippen LogP contribution in [0.1, 0.15) is 18.5 Å². The molecule has 1 heterocycles. The van der Waals surface area contributed by atoms with Crippen LogP contribution < -0.4 is 10.6 Å². The molecule has 1 aliphatic rings. The number of amides is 1. The second-order valence-corrected chi connectivity index (χ2v) is 5.77. The van der Waals surface area contributed by atoms with Gasteiger partial charge in [-0.15, -0.1) is 0 Å². The molecule has 0 aliphatic heterocycles. The van der Waals surface area contributed by atoms with Crippen LogP contribution in [0.4, 0.5) is 5.69 Å². The summed E-state index contributed by atoms with van der Waals surface area (Å²) in [6.45, 7) is 1.13. The van der Waals surface area contributed by atoms with E-state index in [1.54, 1.807) is 24.3 Å². The van der Waals surface area contributed by atoms with E-state index in [0.717, 1.165) is 17.9 Å². The lowest BCUT2D eigenvalue weighted by Gasteiger charge is -2.10. The summed E-state index contributed by atoms with van der Waals surface area (Å²) in [5.74, 6) is -0.0406. The van der Waals surface area contributed by atoms with Crippen LogP contribution >= 0.6 is 11.6 Å². The van der Waals surface area contributed by atoms with Crippen LogP contribution in [0.5, 0.6) is 0 Å². The second-order valence-electron chi connectivity index (χ2n) is 5.34. The number of nitrogens with zero attached hydrogens (tertiary/aromatic N) is 1. The van der Waals surface area contributed by atoms with Crippen molar-refractivity contribution in [3.05, 3.63) is 53.3 Å². The summed E-state index contributed by atoms with van der Waals surface area (Å²) in [5.41, 5.74) is 1.89. The minimum atomic E-state index is -0.0406. The Morgan fingerprint density at radius 1 is 1.24 bits per heavy atom. The van der Waals surface area contributed by atoms with Crippen LogP contribution in [0.25, 0.3) is 0 Å². The third-order valence-corrected chi connectivity index (χ3v) is 3.77. The molecule has 1 fully saturated rings. The molecule has 0 unspecified atom stereocenters. The van der Waals surface area contributed by atoms with E-state index in [1.807, 2.05) is 22.9 Å². The van der Waals surface area contributed by atoms with E-state index in [4.69, 9.17) is 11.6 Å². The molecule has 110 valence electrons. The first-order valence-electron chi connectivity index (χ1n) is 7.13. The Hall–Kier alpha value is -1.78. The number of carbonyl (C=O) groups excluding carboxylic acids is 1. The van der Waals surface area contributed by atoms with Crippen molar-refractivity contribution >= 4 is 23.2 Å². The van der Waals surface area contributed by atoms with Crippen molar-refractivity contribution in [2.75, 3.05) is 5.32 Å². The minimum absolute atomic E-state index is 0.0406. The Morgan fingerprint density at radius 2 is 2.00 bits per heavy atom. The maximum absolute atomic E-state index is 12.1. The predicted molar refractivity (Wildman–Crippen MR) is 84.4 cm³/mol. The molecule has 0 spiro atoms. The lowest BCUT2D eigenvalue weighted by molar-refractivity contribution is -0.116. The first-order valence-corrected chi connectivity index (χ1v) is 7.51. The largest absolute Gasteiger partial charge is 0.341 e. The summed E-state index contributed by atoms with van der Waals surface area (Å²) in [6, 6.07) is 11.8. The van der Waals surface area contributed by atoms with Crippen molar-refractivity contribution in [2.24, 2.45) is 0 Å². The Bertz CT molecular complexity index is 617. The van der Waals surface area contributed by atoms with Crippen LogP contribution in [0, 0.1) is 0 Å². The topological polar surface area (TPSA) is 46.1 Å². The molecule has 4 nitrogen and oxygen atoms in total. The van der Waals surface area contributed by atoms with Crippen molar-refractivity contribution < 1.29 is 4.79 Å². The Labute approximate surface area is 129 Å². The summed E-state index contributed by atoms with van der Waals surface area (Å²) in [4.78, 5) is 12.1. The van der Waals surface area contributed by atoms with Gasteiger partial charge in [-0.1, -0.05) is 11.6 Å². The van der Waals surface area contributed by atoms with Crippen LogP contribution in [-0.2, 0) is 17.9 Å². The van der Waals surface area contributed by atoms with Crippen molar-refractivity contribution in [1.29, 1.82) is 0 Å². The first kappa shape index (κ1) is 14.2. The summed E-state index contributed by atoms with van der Waals surface area (Å²) >= 11 is 5.83. The fraction of sp³-hybridized carbons (Fsp3) is 0.312. The van der Waals surface area contributed by atoms with E-state index in [9.17, 15) is 4.79 Å². The Balaban J connectivity index is 1.56. The summed E-state index contributed by atoms with van der Waals surface area (Å²) in [5, 5.41) is 6.99. The standard InChI is InChI=1S/C16H18ClN3O/c17-12-3-5-14(6-4-12)19-16(21)11-20-9-1-2-15(20)10-18-13-7-8-13/h1-6,9,13,18H,7-8,10-11H2,(H,19,21). The van der Waals surface area contributed by atoms with E-state index < -0.39 is 0 Å². The zero-order chi connectivity index (χ0) is 14.7. The maximum Gasteiger partial charge on any atom is 0.244 e. The number of halogens is 1. The van der Waals surface area contributed by atoms with Gasteiger partial charge in [0.25, 0.3) is 0 Å². The van der Waals surface area contributed by atoms with Gasteiger partial charge in [-0.25, -0.2) is 0 Å². The van der Waals surface area contributed by atoms with E-state index in [2.05, 4.69) is 10.6 Å². The van der Waals surface area contributed by atoms with Gasteiger partial charge >= 0.3 is 0 Å². The molecule has 1 amide bonds. The summed E-state index contributed by atoms with van der Waals surface area (Å²) in [7, 11) is 0. The summed E-state index contributed by atoms with van der Waals surface area (Å²) < 4.78 is 1.97. The third-order valence-electron chi connectivity index (χ3n) is 3.51. The highest BCUT2D eigenvalue weighted by atomic mass is 35.5. The molecule has 0 atom stereocenters. The van der Waals surface area contributed by atoms with Crippen molar-refractivity contribution in [3.8, 4) is 0 Å². The molecule has 2 N–H and O–H groups in total. The number of benzene rings is 1. The molecule has 5 heteroatoms. The van der Waals surface area contributed by atoms with Gasteiger partial charge in [-0.05, 0) is 49.2 Å². The number of hydrogen-bond acceptors (Lipinski definition) is 2. The molecule has 0 bridgehead atoms. The Kier molecular flexibility index (Phi) is 4.27. The van der Waals surface area contributed by atoms with Gasteiger partial charge in [0.1, 0.15) is 6.54 Å². The van der Waals surface area contributed by atoms with Crippen LogP contribution in [0.2, 0.25) is 5.02 Å². The number of anilines is 1. The number of nitrogens with one attached hydrogen (secondary N) is 2. The average Bonchev–Trinajstić information content (AvgIpc) is 3.20. The third kappa shape index (κ3) is 4.09. The quantitative estimate of drug-likeness (QED) is 0.861. The van der Waals surface area contributed by atoms with Crippen molar-refractivity contribution in [2.45, 2.75) is 32.0 Å². The number of hydrogen-bond donors (Lipinski definition) is 2. The van der Waals surface area contributed by atoms with Gasteiger partial charge in [0.05, 0.1) is 0 Å². The lowest BCUT2D eigenvalue weighted by Crippen LogP contribution is -2.22. The molecule has 2 aromatic rings. The Morgan fingerprint density at radius 3 is 2.71 bits per heavy atom. The molecule has 21 heavy (non-hydrogen) atoms. The van der Waals surface area contributed by atoms with Gasteiger partial charge in [0.15, 0.2) is 0 Å². The van der Waals surface area contributed by atoms with E-state index in [0.29, 0.717) is 17.6 Å². The highest BCUT2D eigenvalue weighted by Gasteiger charge is 2.20. The maximum atomic E-state index is 12.1. The molecule has 3 rings (SSSR count). The van der Waals surface area contributed by atoms with Gasteiger partial charge in [-0.3, -0.25) is 4.79 Å². The first-order chi connectivity index (χ1) is 10.2. The number of rotatable bonds is 6. The molecular formula is C16H18ClN3O. The normalized spacial score (nSPS) is 14.1. The fourth-order valence-electron chi connectivity index (χ4n) is 2.19. The molecule has 1 saturated carbocycles. The van der Waals surface area contributed by atoms with Gasteiger partial charge in [-0.2, -0.15) is 0 Å². The highest BCUT2D eigenvalue weighted by Crippen LogP contribution is 2.19. The molecule has 1 aromatic carbocycles. The van der Waals surface area contributed by atoms with E-state index >= 15 is 0 Å². The highest BCUT2D eigenvalue weighted by molar-refractivity contribution is 6.30. The summed E-state index contributed by atoms with van der Waals surface area (Å²) in [6.07, 6.45) is 4.46. The zero-order valence-electron chi connectivity index (χ0n) is 11.7. The lowest BCUT2D eigenvalue weighted by atomic mass is 10.3. The van der Waals surface area contributed by atoms with E-state index in [-0.39, 0.29) is 5.91 Å². The SMILES string of the molecule is O=C(Cn1cccc1CNC1CC1)Nc1ccc(Cl)cc1. The van der Waals surface area contributed by atoms with Gasteiger partial charge in [0, 0.05) is 35.2 Å². The molecular weight excluding hydrogens is 286 g/mol. The van der Waals surface area contributed by atoms with Gasteiger partial charge in [0.2, 0.25) is 5.91 Å². The average molecular weight is 304 g/mol.